The van der Waals surface area contributed by atoms with Crippen LogP contribution in [0.5, 0.6) is 5.75 Å². The molecular weight excluding hydrogens is 247 g/mol. The van der Waals surface area contributed by atoms with Crippen molar-refractivity contribution in [2.75, 3.05) is 0 Å². The van der Waals surface area contributed by atoms with Gasteiger partial charge in [-0.1, -0.05) is 6.07 Å². The Bertz CT molecular complexity index is 509. The highest BCUT2D eigenvalue weighted by Gasteiger charge is 2.32. The minimum absolute atomic E-state index is 0.00970. The zero-order valence-electron chi connectivity index (χ0n) is 7.71. The molecule has 0 spiro atoms. The summed E-state index contributed by atoms with van der Waals surface area (Å²) in [5.41, 5.74) is 0.216. The fraction of sp³-hybridized carbons (Fsp3) is 0.222. The fourth-order valence-electron chi connectivity index (χ4n) is 1.23. The molecule has 2 aromatic rings. The molecular formula is C9H5ClF3NO2. The topological polar surface area (TPSA) is 35.3 Å². The van der Waals surface area contributed by atoms with E-state index < -0.39 is 12.1 Å². The smallest absolute Gasteiger partial charge is 0.439 e. The van der Waals surface area contributed by atoms with Crippen LogP contribution in [0.25, 0.3) is 11.1 Å². The van der Waals surface area contributed by atoms with E-state index in [4.69, 9.17) is 16.0 Å². The van der Waals surface area contributed by atoms with E-state index in [1.807, 2.05) is 0 Å². The number of halogens is 4. The van der Waals surface area contributed by atoms with Crippen molar-refractivity contribution in [1.29, 1.82) is 0 Å². The first kappa shape index (κ1) is 11.1. The van der Waals surface area contributed by atoms with Crippen LogP contribution >= 0.6 is 11.6 Å². The predicted molar refractivity (Wildman–Crippen MR) is 50.2 cm³/mol. The van der Waals surface area contributed by atoms with Gasteiger partial charge in [-0.3, -0.25) is 0 Å². The maximum Gasteiger partial charge on any atom is 0.573 e. The number of oxazole rings is 1. The average Bonchev–Trinajstić information content (AvgIpc) is 2.59. The largest absolute Gasteiger partial charge is 0.573 e. The molecule has 2 rings (SSSR count). The van der Waals surface area contributed by atoms with Gasteiger partial charge < -0.3 is 9.15 Å². The number of nitrogens with zero attached hydrogens (tertiary/aromatic N) is 1. The van der Waals surface area contributed by atoms with Crippen LogP contribution in [0, 0.1) is 0 Å². The van der Waals surface area contributed by atoms with Gasteiger partial charge in [0.1, 0.15) is 0 Å². The van der Waals surface area contributed by atoms with E-state index in [2.05, 4.69) is 9.72 Å². The molecule has 16 heavy (non-hydrogen) atoms. The SMILES string of the molecule is FC(F)(F)Oc1cccc2oc(CCl)nc12. The Morgan fingerprint density at radius 3 is 2.75 bits per heavy atom. The van der Waals surface area contributed by atoms with Gasteiger partial charge in [0, 0.05) is 0 Å². The first-order valence-electron chi connectivity index (χ1n) is 4.20. The molecule has 1 aromatic heterocycles. The highest BCUT2D eigenvalue weighted by atomic mass is 35.5. The van der Waals surface area contributed by atoms with Crippen molar-refractivity contribution in [3.63, 3.8) is 0 Å². The van der Waals surface area contributed by atoms with Crippen molar-refractivity contribution in [2.45, 2.75) is 12.2 Å². The van der Waals surface area contributed by atoms with Crippen molar-refractivity contribution in [3.8, 4) is 5.75 Å². The van der Waals surface area contributed by atoms with Gasteiger partial charge in [0.15, 0.2) is 16.8 Å². The van der Waals surface area contributed by atoms with E-state index in [0.29, 0.717) is 0 Å². The molecule has 1 aromatic carbocycles. The number of hydrogen-bond acceptors (Lipinski definition) is 3. The van der Waals surface area contributed by atoms with Crippen LogP contribution in [0.3, 0.4) is 0 Å². The first-order valence-corrected chi connectivity index (χ1v) is 4.73. The highest BCUT2D eigenvalue weighted by molar-refractivity contribution is 6.16. The zero-order chi connectivity index (χ0) is 11.8. The quantitative estimate of drug-likeness (QED) is 0.767. The summed E-state index contributed by atoms with van der Waals surface area (Å²) in [5.74, 6) is -0.264. The third kappa shape index (κ3) is 2.21. The Morgan fingerprint density at radius 1 is 1.38 bits per heavy atom. The maximum absolute atomic E-state index is 12.1. The lowest BCUT2D eigenvalue weighted by Gasteiger charge is -2.07. The number of para-hydroxylation sites is 1. The molecule has 0 aliphatic heterocycles. The van der Waals surface area contributed by atoms with Crippen LogP contribution in [-0.2, 0) is 5.88 Å². The summed E-state index contributed by atoms with van der Waals surface area (Å²) in [7, 11) is 0. The van der Waals surface area contributed by atoms with E-state index in [0.717, 1.165) is 6.07 Å². The van der Waals surface area contributed by atoms with Gasteiger partial charge in [-0.2, -0.15) is 0 Å². The second-order valence-corrected chi connectivity index (χ2v) is 3.16. The van der Waals surface area contributed by atoms with Crippen molar-refractivity contribution in [1.82, 2.24) is 4.98 Å². The van der Waals surface area contributed by atoms with Gasteiger partial charge in [-0.05, 0) is 12.1 Å². The molecule has 0 amide bonds. The Hall–Kier alpha value is -1.43. The second kappa shape index (κ2) is 3.86. The number of ether oxygens (including phenoxy) is 1. The van der Waals surface area contributed by atoms with Crippen molar-refractivity contribution in [2.24, 2.45) is 0 Å². The molecule has 0 N–H and O–H groups in total. The summed E-state index contributed by atoms with van der Waals surface area (Å²) in [4.78, 5) is 3.79. The molecule has 0 saturated carbocycles. The summed E-state index contributed by atoms with van der Waals surface area (Å²) in [6.45, 7) is 0. The van der Waals surface area contributed by atoms with Crippen LogP contribution < -0.4 is 4.74 Å². The van der Waals surface area contributed by atoms with Gasteiger partial charge in [-0.15, -0.1) is 24.8 Å². The third-order valence-electron chi connectivity index (χ3n) is 1.77. The van der Waals surface area contributed by atoms with Crippen molar-refractivity contribution in [3.05, 3.63) is 24.1 Å². The molecule has 0 aliphatic rings. The predicted octanol–water partition coefficient (Wildman–Crippen LogP) is 3.47. The van der Waals surface area contributed by atoms with E-state index >= 15 is 0 Å². The molecule has 86 valence electrons. The molecule has 0 atom stereocenters. The molecule has 0 saturated heterocycles. The first-order chi connectivity index (χ1) is 7.49. The van der Waals surface area contributed by atoms with Crippen LogP contribution in [-0.4, -0.2) is 11.3 Å². The minimum atomic E-state index is -4.76. The number of alkyl halides is 4. The van der Waals surface area contributed by atoms with Gasteiger partial charge in [0.25, 0.3) is 0 Å². The molecule has 0 aliphatic carbocycles. The monoisotopic (exact) mass is 251 g/mol. The van der Waals surface area contributed by atoms with Crippen LogP contribution in [0.1, 0.15) is 5.89 Å². The van der Waals surface area contributed by atoms with Crippen molar-refractivity contribution < 1.29 is 22.3 Å². The Balaban J connectivity index is 2.48. The lowest BCUT2D eigenvalue weighted by Crippen LogP contribution is -2.17. The average molecular weight is 252 g/mol. The third-order valence-corrected chi connectivity index (χ3v) is 1.99. The summed E-state index contributed by atoms with van der Waals surface area (Å²) >= 11 is 5.46. The second-order valence-electron chi connectivity index (χ2n) is 2.89. The van der Waals surface area contributed by atoms with Gasteiger partial charge in [0.2, 0.25) is 5.89 Å². The van der Waals surface area contributed by atoms with Gasteiger partial charge >= 0.3 is 6.36 Å². The van der Waals surface area contributed by atoms with Gasteiger partial charge in [-0.25, -0.2) is 4.98 Å². The number of hydrogen-bond donors (Lipinski definition) is 0. The lowest BCUT2D eigenvalue weighted by atomic mass is 10.3. The van der Waals surface area contributed by atoms with E-state index in [-0.39, 0.29) is 22.9 Å². The molecule has 1 heterocycles. The van der Waals surface area contributed by atoms with Crippen LogP contribution in [0.15, 0.2) is 22.6 Å². The van der Waals surface area contributed by atoms with Crippen LogP contribution in [0.2, 0.25) is 0 Å². The molecule has 3 nitrogen and oxygen atoms in total. The Kier molecular flexibility index (Phi) is 2.67. The molecule has 0 radical (unpaired) electrons. The minimum Gasteiger partial charge on any atom is -0.439 e. The number of rotatable bonds is 2. The lowest BCUT2D eigenvalue weighted by molar-refractivity contribution is -0.274. The molecule has 7 heteroatoms. The summed E-state index contributed by atoms with van der Waals surface area (Å²) in [6, 6.07) is 4.03. The summed E-state index contributed by atoms with van der Waals surface area (Å²) in [5, 5.41) is 0. The maximum atomic E-state index is 12.1. The van der Waals surface area contributed by atoms with Gasteiger partial charge in [0.05, 0.1) is 5.88 Å². The fourth-order valence-corrected chi connectivity index (χ4v) is 1.35. The van der Waals surface area contributed by atoms with Crippen molar-refractivity contribution >= 4 is 22.7 Å². The summed E-state index contributed by atoms with van der Waals surface area (Å²) in [6.07, 6.45) is -4.76. The normalized spacial score (nSPS) is 12.0. The summed E-state index contributed by atoms with van der Waals surface area (Å²) < 4.78 is 45.0. The molecule has 0 fully saturated rings. The van der Waals surface area contributed by atoms with E-state index in [1.54, 1.807) is 0 Å². The van der Waals surface area contributed by atoms with Crippen LogP contribution in [0.4, 0.5) is 13.2 Å². The Labute approximate surface area is 92.8 Å². The molecule has 0 unspecified atom stereocenters. The zero-order valence-corrected chi connectivity index (χ0v) is 8.47. The standard InChI is InChI=1S/C9H5ClF3NO2/c10-4-7-14-8-5(15-7)2-1-3-6(8)16-9(11,12)13/h1-3H,4H2. The van der Waals surface area contributed by atoms with E-state index in [1.165, 1.54) is 12.1 Å². The highest BCUT2D eigenvalue weighted by Crippen LogP contribution is 2.30. The Morgan fingerprint density at radius 2 is 2.12 bits per heavy atom. The number of aromatic nitrogens is 1. The van der Waals surface area contributed by atoms with E-state index in [9.17, 15) is 13.2 Å². The number of benzene rings is 1. The molecule has 0 bridgehead atoms. The number of fused-ring (bicyclic) bond motifs is 1.